The molecule has 0 fully saturated rings. The molecule has 0 aliphatic carbocycles. The van der Waals surface area contributed by atoms with Crippen molar-refractivity contribution in [3.05, 3.63) is 0 Å². The average molecular weight is 326 g/mol. The first-order chi connectivity index (χ1) is 11.3. The van der Waals surface area contributed by atoms with E-state index in [2.05, 4.69) is 39.4 Å². The molecule has 0 radical (unpaired) electrons. The van der Waals surface area contributed by atoms with Crippen LogP contribution in [0.2, 0.25) is 0 Å². The Hall–Kier alpha value is -1.67. The van der Waals surface area contributed by atoms with E-state index in [1.54, 1.807) is 0 Å². The number of nitrogens with two attached hydrogens (primary N) is 1. The minimum atomic E-state index is 0.203. The minimum Gasteiger partial charge on any atom is -0.381 e. The van der Waals surface area contributed by atoms with E-state index >= 15 is 0 Å². The zero-order valence-electron chi connectivity index (χ0n) is 14.3. The van der Waals surface area contributed by atoms with Crippen molar-refractivity contribution in [1.29, 1.82) is 0 Å². The van der Waals surface area contributed by atoms with Crippen molar-refractivity contribution in [2.45, 2.75) is 39.5 Å². The molecule has 8 nitrogen and oxygen atoms in total. The molecule has 0 bridgehead atoms. The monoisotopic (exact) mass is 326 g/mol. The van der Waals surface area contributed by atoms with E-state index in [0.29, 0.717) is 11.9 Å². The summed E-state index contributed by atoms with van der Waals surface area (Å²) < 4.78 is 10.8. The summed E-state index contributed by atoms with van der Waals surface area (Å²) in [6.07, 6.45) is 3.86. The smallest absolute Gasteiger partial charge is 0.229 e. The van der Waals surface area contributed by atoms with E-state index in [-0.39, 0.29) is 5.95 Å². The SMILES string of the molecule is CCCOCCCNc1nc(N)nc(NCCCOCCC)n1. The fourth-order valence-corrected chi connectivity index (χ4v) is 1.79. The molecule has 0 amide bonds. The summed E-state index contributed by atoms with van der Waals surface area (Å²) >= 11 is 0. The predicted molar refractivity (Wildman–Crippen MR) is 92.7 cm³/mol. The number of aromatic nitrogens is 3. The molecule has 8 heteroatoms. The van der Waals surface area contributed by atoms with E-state index in [0.717, 1.165) is 65.2 Å². The van der Waals surface area contributed by atoms with E-state index in [9.17, 15) is 0 Å². The van der Waals surface area contributed by atoms with Crippen molar-refractivity contribution in [2.75, 3.05) is 55.9 Å². The maximum atomic E-state index is 5.71. The van der Waals surface area contributed by atoms with Gasteiger partial charge in [0.1, 0.15) is 0 Å². The van der Waals surface area contributed by atoms with Crippen LogP contribution < -0.4 is 16.4 Å². The zero-order valence-corrected chi connectivity index (χ0v) is 14.3. The molecule has 0 aliphatic heterocycles. The number of nitrogens with zero attached hydrogens (tertiary/aromatic N) is 3. The molecule has 1 aromatic rings. The number of hydrogen-bond donors (Lipinski definition) is 3. The van der Waals surface area contributed by atoms with Crippen molar-refractivity contribution >= 4 is 17.8 Å². The maximum Gasteiger partial charge on any atom is 0.229 e. The lowest BCUT2D eigenvalue weighted by molar-refractivity contribution is 0.134. The second kappa shape index (κ2) is 12.8. The van der Waals surface area contributed by atoms with Gasteiger partial charge in [-0.25, -0.2) is 0 Å². The molecular formula is C15H30N6O2. The molecule has 1 heterocycles. The van der Waals surface area contributed by atoms with Crippen LogP contribution in [-0.2, 0) is 9.47 Å². The van der Waals surface area contributed by atoms with Crippen LogP contribution in [0.25, 0.3) is 0 Å². The van der Waals surface area contributed by atoms with Crippen LogP contribution in [0.5, 0.6) is 0 Å². The lowest BCUT2D eigenvalue weighted by Crippen LogP contribution is -2.14. The predicted octanol–water partition coefficient (Wildman–Crippen LogP) is 1.91. The molecule has 4 N–H and O–H groups in total. The number of rotatable bonds is 14. The van der Waals surface area contributed by atoms with Gasteiger partial charge in [-0.3, -0.25) is 0 Å². The molecule has 1 rings (SSSR count). The number of anilines is 3. The van der Waals surface area contributed by atoms with Gasteiger partial charge in [0.2, 0.25) is 17.8 Å². The van der Waals surface area contributed by atoms with E-state index in [1.165, 1.54) is 0 Å². The first-order valence-electron chi connectivity index (χ1n) is 8.41. The highest BCUT2D eigenvalue weighted by Crippen LogP contribution is 2.06. The number of nitrogens with one attached hydrogen (secondary N) is 2. The van der Waals surface area contributed by atoms with Crippen LogP contribution >= 0.6 is 0 Å². The van der Waals surface area contributed by atoms with Crippen molar-refractivity contribution in [2.24, 2.45) is 0 Å². The maximum absolute atomic E-state index is 5.71. The summed E-state index contributed by atoms with van der Waals surface area (Å²) in [5.74, 6) is 1.17. The largest absolute Gasteiger partial charge is 0.381 e. The van der Waals surface area contributed by atoms with Gasteiger partial charge in [0.05, 0.1) is 0 Å². The topological polar surface area (TPSA) is 107 Å². The summed E-state index contributed by atoms with van der Waals surface area (Å²) in [4.78, 5) is 12.4. The van der Waals surface area contributed by atoms with E-state index in [4.69, 9.17) is 15.2 Å². The van der Waals surface area contributed by atoms with Gasteiger partial charge >= 0.3 is 0 Å². The molecule has 0 aliphatic rings. The van der Waals surface area contributed by atoms with Gasteiger partial charge in [-0.15, -0.1) is 0 Å². The first-order valence-corrected chi connectivity index (χ1v) is 8.41. The average Bonchev–Trinajstić information content (AvgIpc) is 2.53. The van der Waals surface area contributed by atoms with Crippen molar-refractivity contribution in [1.82, 2.24) is 15.0 Å². The quantitative estimate of drug-likeness (QED) is 0.445. The molecule has 0 atom stereocenters. The van der Waals surface area contributed by atoms with Crippen LogP contribution in [0.1, 0.15) is 39.5 Å². The molecule has 0 saturated heterocycles. The molecule has 0 spiro atoms. The second-order valence-corrected chi connectivity index (χ2v) is 5.13. The molecular weight excluding hydrogens is 296 g/mol. The van der Waals surface area contributed by atoms with Gasteiger partial charge in [-0.2, -0.15) is 15.0 Å². The van der Waals surface area contributed by atoms with Gasteiger partial charge in [-0.1, -0.05) is 13.8 Å². The molecule has 23 heavy (non-hydrogen) atoms. The van der Waals surface area contributed by atoms with Crippen LogP contribution in [0.15, 0.2) is 0 Å². The number of nitrogen functional groups attached to an aromatic ring is 1. The Morgan fingerprint density at radius 3 is 1.70 bits per heavy atom. The van der Waals surface area contributed by atoms with Crippen molar-refractivity contribution in [3.63, 3.8) is 0 Å². The Kier molecular flexibility index (Phi) is 10.8. The summed E-state index contributed by atoms with van der Waals surface area (Å²) in [6.45, 7) is 8.71. The molecule has 132 valence electrons. The second-order valence-electron chi connectivity index (χ2n) is 5.13. The highest BCUT2D eigenvalue weighted by Gasteiger charge is 2.03. The summed E-state index contributed by atoms with van der Waals surface area (Å²) in [6, 6.07) is 0. The summed E-state index contributed by atoms with van der Waals surface area (Å²) in [7, 11) is 0. The van der Waals surface area contributed by atoms with Gasteiger partial charge in [0.25, 0.3) is 0 Å². The molecule has 0 aromatic carbocycles. The minimum absolute atomic E-state index is 0.203. The van der Waals surface area contributed by atoms with Crippen molar-refractivity contribution < 1.29 is 9.47 Å². The standard InChI is InChI=1S/C15H30N6O2/c1-3-9-22-11-5-7-17-14-19-13(16)20-15(21-14)18-8-6-12-23-10-4-2/h3-12H2,1-2H3,(H4,16,17,18,19,20,21). The number of hydrogen-bond acceptors (Lipinski definition) is 8. The van der Waals surface area contributed by atoms with Crippen LogP contribution in [0.4, 0.5) is 17.8 Å². The fraction of sp³-hybridized carbons (Fsp3) is 0.800. The van der Waals surface area contributed by atoms with Gasteiger partial charge in [-0.05, 0) is 25.7 Å². The van der Waals surface area contributed by atoms with Gasteiger partial charge in [0, 0.05) is 39.5 Å². The molecule has 0 saturated carbocycles. The summed E-state index contributed by atoms with van der Waals surface area (Å²) in [5.41, 5.74) is 5.71. The van der Waals surface area contributed by atoms with Crippen LogP contribution in [-0.4, -0.2) is 54.5 Å². The number of ether oxygens (including phenoxy) is 2. The third-order valence-corrected chi connectivity index (χ3v) is 2.85. The highest BCUT2D eigenvalue weighted by atomic mass is 16.5. The summed E-state index contributed by atoms with van der Waals surface area (Å²) in [5, 5.41) is 6.27. The first kappa shape index (κ1) is 19.4. The Balaban J connectivity index is 2.25. The van der Waals surface area contributed by atoms with Crippen LogP contribution in [0, 0.1) is 0 Å². The van der Waals surface area contributed by atoms with E-state index < -0.39 is 0 Å². The van der Waals surface area contributed by atoms with Crippen molar-refractivity contribution in [3.8, 4) is 0 Å². The Morgan fingerprint density at radius 2 is 1.26 bits per heavy atom. The Bertz CT molecular complexity index is 385. The zero-order chi connectivity index (χ0) is 16.8. The fourth-order valence-electron chi connectivity index (χ4n) is 1.79. The van der Waals surface area contributed by atoms with Crippen LogP contribution in [0.3, 0.4) is 0 Å². The Morgan fingerprint density at radius 1 is 0.783 bits per heavy atom. The third kappa shape index (κ3) is 9.85. The lowest BCUT2D eigenvalue weighted by Gasteiger charge is -2.09. The third-order valence-electron chi connectivity index (χ3n) is 2.85. The van der Waals surface area contributed by atoms with Gasteiger partial charge < -0.3 is 25.8 Å². The van der Waals surface area contributed by atoms with Gasteiger partial charge in [0.15, 0.2) is 0 Å². The van der Waals surface area contributed by atoms with E-state index in [1.807, 2.05) is 0 Å². The molecule has 0 unspecified atom stereocenters. The normalized spacial score (nSPS) is 10.7. The lowest BCUT2D eigenvalue weighted by atomic mass is 10.4. The molecule has 1 aromatic heterocycles. The highest BCUT2D eigenvalue weighted by molar-refractivity contribution is 5.39. The Labute approximate surface area is 138 Å².